The van der Waals surface area contributed by atoms with Gasteiger partial charge in [-0.2, -0.15) is 0 Å². The first-order chi connectivity index (χ1) is 16.0. The topological polar surface area (TPSA) is 94.8 Å². The summed E-state index contributed by atoms with van der Waals surface area (Å²) in [5, 5.41) is 34.1. The third-order valence-corrected chi connectivity index (χ3v) is 13.1. The summed E-state index contributed by atoms with van der Waals surface area (Å²) in [6.45, 7) is 14.9. The number of fused-ring (bicyclic) bond motifs is 7. The van der Waals surface area contributed by atoms with Crippen molar-refractivity contribution in [3.8, 4) is 0 Å². The van der Waals surface area contributed by atoms with Crippen molar-refractivity contribution in [2.24, 2.45) is 50.7 Å². The highest BCUT2D eigenvalue weighted by Gasteiger charge is 2.72. The maximum atomic E-state index is 12.9. The Morgan fingerprint density at radius 3 is 2.31 bits per heavy atom. The number of aliphatic hydroxyl groups excluding tert-OH is 1. The normalized spacial score (nSPS) is 55.1. The molecule has 0 aromatic rings. The number of carboxylic acid groups (broad SMARTS) is 1. The van der Waals surface area contributed by atoms with Crippen LogP contribution in [0.5, 0.6) is 0 Å². The van der Waals surface area contributed by atoms with E-state index < -0.39 is 34.4 Å². The van der Waals surface area contributed by atoms with Crippen LogP contribution in [0.3, 0.4) is 0 Å². The highest BCUT2D eigenvalue weighted by molar-refractivity contribution is 5.85. The first kappa shape index (κ1) is 25.4. The van der Waals surface area contributed by atoms with E-state index in [1.807, 2.05) is 20.8 Å². The fourth-order valence-electron chi connectivity index (χ4n) is 10.8. The Morgan fingerprint density at radius 1 is 1.03 bits per heavy atom. The standard InChI is InChI=1S/C30H46O5/c1-17-10-13-30(24(33)34)15-14-27(5)18(22(30)29(17,7)35)8-9-20-26(4)12-11-21(32)25(2,3)23(26)19(31)16-28(20,27)6/h8,17,19-20,22-23,31,35H,9-16H2,1-7H3,(H,33,34)/t17?,19?,20-,22-,23+,26-,27-,28-,29-,30+/m1/s1. The Bertz CT molecular complexity index is 995. The van der Waals surface area contributed by atoms with Gasteiger partial charge in [0.1, 0.15) is 5.78 Å². The number of carboxylic acids is 1. The van der Waals surface area contributed by atoms with Crippen molar-refractivity contribution in [3.05, 3.63) is 11.6 Å². The van der Waals surface area contributed by atoms with Crippen molar-refractivity contribution in [2.75, 3.05) is 0 Å². The van der Waals surface area contributed by atoms with Gasteiger partial charge in [-0.15, -0.1) is 0 Å². The fraction of sp³-hybridized carbons (Fsp3) is 0.867. The van der Waals surface area contributed by atoms with Gasteiger partial charge < -0.3 is 15.3 Å². The molecule has 5 heteroatoms. The smallest absolute Gasteiger partial charge is 0.310 e. The molecule has 0 amide bonds. The van der Waals surface area contributed by atoms with Gasteiger partial charge in [-0.05, 0) is 80.0 Å². The maximum Gasteiger partial charge on any atom is 0.310 e. The van der Waals surface area contributed by atoms with E-state index >= 15 is 0 Å². The zero-order valence-corrected chi connectivity index (χ0v) is 22.8. The van der Waals surface area contributed by atoms with E-state index in [0.717, 1.165) is 31.3 Å². The van der Waals surface area contributed by atoms with Crippen LogP contribution in [0.25, 0.3) is 0 Å². The van der Waals surface area contributed by atoms with E-state index in [1.54, 1.807) is 0 Å². The molecule has 5 rings (SSSR count). The molecule has 0 heterocycles. The van der Waals surface area contributed by atoms with Gasteiger partial charge in [0.2, 0.25) is 0 Å². The predicted molar refractivity (Wildman–Crippen MR) is 134 cm³/mol. The summed E-state index contributed by atoms with van der Waals surface area (Å²) in [6, 6.07) is 0. The maximum absolute atomic E-state index is 12.9. The van der Waals surface area contributed by atoms with E-state index in [1.165, 1.54) is 0 Å². The Labute approximate surface area is 210 Å². The molecule has 0 bridgehead atoms. The fourth-order valence-corrected chi connectivity index (χ4v) is 10.8. The summed E-state index contributed by atoms with van der Waals surface area (Å²) in [7, 11) is 0. The number of carbonyl (C=O) groups excluding carboxylic acids is 1. The van der Waals surface area contributed by atoms with Gasteiger partial charge in [-0.1, -0.05) is 53.2 Å². The summed E-state index contributed by atoms with van der Waals surface area (Å²) in [5.41, 5.74) is -2.15. The Hall–Kier alpha value is -1.20. The summed E-state index contributed by atoms with van der Waals surface area (Å²) in [6.07, 6.45) is 7.18. The average molecular weight is 487 g/mol. The SMILES string of the molecule is CC1CC[C@]2(C(=O)O)CC[C@]3(C)C(=CC[C@@H]4[C@@]5(C)CCC(=O)C(C)(C)[C@@H]5C(O)C[C@]43C)[C@@H]2[C@]1(C)O. The number of hydrogen-bond acceptors (Lipinski definition) is 4. The number of aliphatic hydroxyl groups is 2. The Kier molecular flexibility index (Phi) is 5.25. The number of ketones is 1. The lowest BCUT2D eigenvalue weighted by molar-refractivity contribution is -0.228. The van der Waals surface area contributed by atoms with Gasteiger partial charge in [-0.25, -0.2) is 0 Å². The van der Waals surface area contributed by atoms with E-state index in [-0.39, 0.29) is 33.9 Å². The quantitative estimate of drug-likeness (QED) is 0.432. The van der Waals surface area contributed by atoms with Crippen LogP contribution in [0.4, 0.5) is 0 Å². The summed E-state index contributed by atoms with van der Waals surface area (Å²) in [4.78, 5) is 25.8. The molecule has 10 atom stereocenters. The average Bonchev–Trinajstić information content (AvgIpc) is 2.74. The molecule has 196 valence electrons. The van der Waals surface area contributed by atoms with Crippen molar-refractivity contribution >= 4 is 11.8 Å². The lowest BCUT2D eigenvalue weighted by atomic mass is 9.32. The number of aliphatic carboxylic acids is 1. The van der Waals surface area contributed by atoms with Gasteiger partial charge in [0.15, 0.2) is 0 Å². The van der Waals surface area contributed by atoms with Crippen molar-refractivity contribution in [2.45, 2.75) is 112 Å². The van der Waals surface area contributed by atoms with E-state index in [4.69, 9.17) is 0 Å². The Balaban J connectivity index is 1.67. The van der Waals surface area contributed by atoms with Crippen LogP contribution >= 0.6 is 0 Å². The van der Waals surface area contributed by atoms with E-state index in [0.29, 0.717) is 31.6 Å². The molecule has 0 radical (unpaired) electrons. The van der Waals surface area contributed by atoms with Crippen LogP contribution in [0.1, 0.15) is 99.8 Å². The van der Waals surface area contributed by atoms with Crippen LogP contribution in [0.2, 0.25) is 0 Å². The van der Waals surface area contributed by atoms with Crippen molar-refractivity contribution in [1.82, 2.24) is 0 Å². The zero-order chi connectivity index (χ0) is 26.0. The Morgan fingerprint density at radius 2 is 1.69 bits per heavy atom. The van der Waals surface area contributed by atoms with Crippen LogP contribution < -0.4 is 0 Å². The van der Waals surface area contributed by atoms with Crippen LogP contribution in [0.15, 0.2) is 11.6 Å². The van der Waals surface area contributed by atoms with Gasteiger partial charge in [0, 0.05) is 23.7 Å². The van der Waals surface area contributed by atoms with Gasteiger partial charge in [0.05, 0.1) is 17.1 Å². The highest BCUT2D eigenvalue weighted by atomic mass is 16.4. The van der Waals surface area contributed by atoms with Crippen LogP contribution in [-0.4, -0.2) is 38.8 Å². The van der Waals surface area contributed by atoms with Crippen LogP contribution in [0, 0.1) is 50.7 Å². The van der Waals surface area contributed by atoms with Crippen molar-refractivity contribution in [1.29, 1.82) is 0 Å². The van der Waals surface area contributed by atoms with Crippen molar-refractivity contribution in [3.63, 3.8) is 0 Å². The van der Waals surface area contributed by atoms with E-state index in [9.17, 15) is 24.9 Å². The highest BCUT2D eigenvalue weighted by Crippen LogP contribution is 2.75. The molecule has 0 aromatic carbocycles. The second-order valence-corrected chi connectivity index (χ2v) is 14.7. The molecule has 5 aliphatic rings. The molecular weight excluding hydrogens is 440 g/mol. The van der Waals surface area contributed by atoms with Gasteiger partial charge in [-0.3, -0.25) is 9.59 Å². The first-order valence-electron chi connectivity index (χ1n) is 13.9. The second kappa shape index (κ2) is 7.22. The monoisotopic (exact) mass is 486 g/mol. The molecule has 4 saturated carbocycles. The second-order valence-electron chi connectivity index (χ2n) is 14.7. The number of Topliss-reactive ketones (excluding diaryl/α,β-unsaturated/α-hetero) is 1. The van der Waals surface area contributed by atoms with Gasteiger partial charge in [0.25, 0.3) is 0 Å². The minimum atomic E-state index is -1.09. The molecule has 0 aliphatic heterocycles. The molecule has 35 heavy (non-hydrogen) atoms. The molecule has 5 nitrogen and oxygen atoms in total. The minimum absolute atomic E-state index is 0.0257. The number of carbonyl (C=O) groups is 2. The first-order valence-corrected chi connectivity index (χ1v) is 13.9. The summed E-state index contributed by atoms with van der Waals surface area (Å²) in [5.74, 6) is -0.678. The lowest BCUT2D eigenvalue weighted by Gasteiger charge is -2.72. The van der Waals surface area contributed by atoms with Crippen LogP contribution in [-0.2, 0) is 9.59 Å². The third kappa shape index (κ3) is 2.83. The van der Waals surface area contributed by atoms with Crippen molar-refractivity contribution < 1.29 is 24.9 Å². The number of hydrogen-bond donors (Lipinski definition) is 3. The molecule has 5 aliphatic carbocycles. The van der Waals surface area contributed by atoms with Gasteiger partial charge >= 0.3 is 5.97 Å². The lowest BCUT2D eigenvalue weighted by Crippen LogP contribution is -2.69. The third-order valence-electron chi connectivity index (χ3n) is 13.1. The minimum Gasteiger partial charge on any atom is -0.481 e. The number of allylic oxidation sites excluding steroid dienone is 1. The molecule has 0 aromatic heterocycles. The molecular formula is C30H46O5. The summed E-state index contributed by atoms with van der Waals surface area (Å²) < 4.78 is 0. The molecule has 0 spiro atoms. The summed E-state index contributed by atoms with van der Waals surface area (Å²) >= 11 is 0. The van der Waals surface area contributed by atoms with E-state index in [2.05, 4.69) is 33.8 Å². The largest absolute Gasteiger partial charge is 0.481 e. The molecule has 2 unspecified atom stereocenters. The predicted octanol–water partition coefficient (Wildman–Crippen LogP) is 5.38. The molecule has 3 N–H and O–H groups in total. The molecule has 0 saturated heterocycles. The molecule has 4 fully saturated rings. The number of rotatable bonds is 1. The zero-order valence-electron chi connectivity index (χ0n) is 22.8.